The summed E-state index contributed by atoms with van der Waals surface area (Å²) in [7, 11) is 0. The number of nitrogens with two attached hydrogens (primary N) is 1. The third-order valence-electron chi connectivity index (χ3n) is 3.38. The summed E-state index contributed by atoms with van der Waals surface area (Å²) >= 11 is 0. The summed E-state index contributed by atoms with van der Waals surface area (Å²) in [5.41, 5.74) is 7.53. The van der Waals surface area contributed by atoms with Gasteiger partial charge in [0, 0.05) is 6.20 Å². The van der Waals surface area contributed by atoms with Gasteiger partial charge in [-0.05, 0) is 25.7 Å². The Kier molecular flexibility index (Phi) is 1.49. The summed E-state index contributed by atoms with van der Waals surface area (Å²) in [5.74, 6) is 0.809. The maximum atomic E-state index is 5.77. The van der Waals surface area contributed by atoms with Crippen LogP contribution in [0.5, 0.6) is 0 Å². The molecule has 76 valence electrons. The Balaban J connectivity index is 1.78. The van der Waals surface area contributed by atoms with Crippen LogP contribution in [0.4, 0.5) is 5.69 Å². The average Bonchev–Trinajstić information content (AvgIpc) is 2.67. The van der Waals surface area contributed by atoms with Gasteiger partial charge in [-0.3, -0.25) is 4.68 Å². The van der Waals surface area contributed by atoms with Crippen LogP contribution in [-0.2, 0) is 11.3 Å². The van der Waals surface area contributed by atoms with Gasteiger partial charge in [0.1, 0.15) is 0 Å². The van der Waals surface area contributed by atoms with Crippen molar-refractivity contribution in [1.29, 1.82) is 0 Å². The number of rotatable bonds is 2. The molecule has 4 heteroatoms. The number of aryl methyl sites for hydroxylation is 1. The molecule has 3 heterocycles. The molecule has 0 spiro atoms. The minimum atomic E-state index is 0.0928. The molecule has 0 aromatic carbocycles. The van der Waals surface area contributed by atoms with E-state index in [2.05, 4.69) is 5.10 Å². The Labute approximate surface area is 83.0 Å². The normalized spacial score (nSPS) is 34.5. The molecule has 4 rings (SSSR count). The summed E-state index contributed by atoms with van der Waals surface area (Å²) in [6.07, 6.45) is 4.30. The average molecular weight is 193 g/mol. The lowest BCUT2D eigenvalue weighted by atomic mass is 9.75. The number of hydrogen-bond acceptors (Lipinski definition) is 3. The highest BCUT2D eigenvalue weighted by Crippen LogP contribution is 2.49. The Morgan fingerprint density at radius 1 is 1.71 bits per heavy atom. The highest BCUT2D eigenvalue weighted by molar-refractivity contribution is 5.39. The van der Waals surface area contributed by atoms with Crippen molar-refractivity contribution in [2.75, 3.05) is 12.3 Å². The molecular formula is C10H15N3O. The van der Waals surface area contributed by atoms with Gasteiger partial charge in [0.25, 0.3) is 0 Å². The zero-order valence-electron chi connectivity index (χ0n) is 8.36. The van der Waals surface area contributed by atoms with Gasteiger partial charge < -0.3 is 10.5 Å². The van der Waals surface area contributed by atoms with E-state index >= 15 is 0 Å². The molecule has 3 fully saturated rings. The maximum absolute atomic E-state index is 5.77. The van der Waals surface area contributed by atoms with E-state index in [-0.39, 0.29) is 5.60 Å². The van der Waals surface area contributed by atoms with Crippen LogP contribution >= 0.6 is 0 Å². The first-order valence-electron chi connectivity index (χ1n) is 5.10. The molecule has 2 bridgehead atoms. The van der Waals surface area contributed by atoms with Crippen molar-refractivity contribution in [2.24, 2.45) is 5.92 Å². The smallest absolute Gasteiger partial charge is 0.0884 e. The SMILES string of the molecule is Cc1nn(CC23CC(CO2)C3)cc1N. The summed E-state index contributed by atoms with van der Waals surface area (Å²) < 4.78 is 7.69. The van der Waals surface area contributed by atoms with E-state index in [0.717, 1.165) is 30.5 Å². The molecule has 1 aromatic rings. The fraction of sp³-hybridized carbons (Fsp3) is 0.700. The standard InChI is InChI=1S/C10H15N3O/c1-7-9(11)4-13(12-7)6-10-2-8(3-10)5-14-10/h4,8H,2-3,5-6,11H2,1H3. The Bertz CT molecular complexity index is 340. The minimum Gasteiger partial charge on any atom is -0.396 e. The summed E-state index contributed by atoms with van der Waals surface area (Å²) in [6.45, 7) is 3.74. The number of ether oxygens (including phenoxy) is 1. The van der Waals surface area contributed by atoms with Crippen LogP contribution < -0.4 is 5.73 Å². The van der Waals surface area contributed by atoms with E-state index in [1.54, 1.807) is 0 Å². The molecule has 2 aliphatic heterocycles. The molecule has 14 heavy (non-hydrogen) atoms. The van der Waals surface area contributed by atoms with Crippen LogP contribution in [0.2, 0.25) is 0 Å². The van der Waals surface area contributed by atoms with Gasteiger partial charge in [-0.1, -0.05) is 0 Å². The number of nitrogens with zero attached hydrogens (tertiary/aromatic N) is 2. The van der Waals surface area contributed by atoms with Gasteiger partial charge in [0.2, 0.25) is 0 Å². The molecule has 1 saturated carbocycles. The Morgan fingerprint density at radius 3 is 3.00 bits per heavy atom. The second-order valence-electron chi connectivity index (χ2n) is 4.64. The first-order valence-corrected chi connectivity index (χ1v) is 5.10. The number of hydrogen-bond donors (Lipinski definition) is 1. The molecule has 0 radical (unpaired) electrons. The number of nitrogen functional groups attached to an aromatic ring is 1. The Hall–Kier alpha value is -1.03. The van der Waals surface area contributed by atoms with Gasteiger partial charge in [-0.25, -0.2) is 0 Å². The lowest BCUT2D eigenvalue weighted by Gasteiger charge is -2.35. The number of aromatic nitrogens is 2. The molecule has 3 aliphatic rings. The van der Waals surface area contributed by atoms with Crippen LogP contribution in [0.3, 0.4) is 0 Å². The quantitative estimate of drug-likeness (QED) is 0.761. The molecule has 1 aromatic heterocycles. The highest BCUT2D eigenvalue weighted by atomic mass is 16.5. The molecule has 2 saturated heterocycles. The first-order chi connectivity index (χ1) is 6.67. The third kappa shape index (κ3) is 1.07. The van der Waals surface area contributed by atoms with E-state index in [4.69, 9.17) is 10.5 Å². The lowest BCUT2D eigenvalue weighted by molar-refractivity contribution is -0.0163. The summed E-state index contributed by atoms with van der Waals surface area (Å²) in [5, 5.41) is 4.36. The number of anilines is 1. The van der Waals surface area contributed by atoms with Gasteiger partial charge in [0.05, 0.1) is 30.1 Å². The molecule has 0 atom stereocenters. The van der Waals surface area contributed by atoms with Crippen LogP contribution in [-0.4, -0.2) is 22.0 Å². The van der Waals surface area contributed by atoms with E-state index < -0.39 is 0 Å². The Morgan fingerprint density at radius 2 is 2.50 bits per heavy atom. The van der Waals surface area contributed by atoms with Crippen molar-refractivity contribution in [3.63, 3.8) is 0 Å². The topological polar surface area (TPSA) is 53.1 Å². The molecule has 2 N–H and O–H groups in total. The third-order valence-corrected chi connectivity index (χ3v) is 3.38. The fourth-order valence-electron chi connectivity index (χ4n) is 2.61. The van der Waals surface area contributed by atoms with E-state index in [9.17, 15) is 0 Å². The van der Waals surface area contributed by atoms with Gasteiger partial charge in [-0.2, -0.15) is 5.10 Å². The monoisotopic (exact) mass is 193 g/mol. The van der Waals surface area contributed by atoms with Crippen LogP contribution in [0.25, 0.3) is 0 Å². The second-order valence-corrected chi connectivity index (χ2v) is 4.64. The minimum absolute atomic E-state index is 0.0928. The molecule has 4 nitrogen and oxygen atoms in total. The van der Waals surface area contributed by atoms with Gasteiger partial charge >= 0.3 is 0 Å². The van der Waals surface area contributed by atoms with Crippen molar-refractivity contribution in [3.8, 4) is 0 Å². The maximum Gasteiger partial charge on any atom is 0.0884 e. The molecule has 0 unspecified atom stereocenters. The van der Waals surface area contributed by atoms with E-state index in [1.165, 1.54) is 12.8 Å². The molecular weight excluding hydrogens is 178 g/mol. The second kappa shape index (κ2) is 2.51. The van der Waals surface area contributed by atoms with Crippen molar-refractivity contribution < 1.29 is 4.74 Å². The van der Waals surface area contributed by atoms with Crippen LogP contribution in [0.1, 0.15) is 18.5 Å². The number of fused-ring (bicyclic) bond motifs is 1. The fourth-order valence-corrected chi connectivity index (χ4v) is 2.61. The lowest BCUT2D eigenvalue weighted by Crippen LogP contribution is -2.40. The summed E-state index contributed by atoms with van der Waals surface area (Å²) in [6, 6.07) is 0. The molecule has 1 aliphatic carbocycles. The van der Waals surface area contributed by atoms with Crippen LogP contribution in [0, 0.1) is 12.8 Å². The van der Waals surface area contributed by atoms with Crippen LogP contribution in [0.15, 0.2) is 6.20 Å². The van der Waals surface area contributed by atoms with Crippen molar-refractivity contribution >= 4 is 5.69 Å². The summed E-state index contributed by atoms with van der Waals surface area (Å²) in [4.78, 5) is 0. The molecule has 0 amide bonds. The highest BCUT2D eigenvalue weighted by Gasteiger charge is 2.52. The van der Waals surface area contributed by atoms with E-state index in [1.807, 2.05) is 17.8 Å². The van der Waals surface area contributed by atoms with E-state index in [0.29, 0.717) is 0 Å². The zero-order valence-corrected chi connectivity index (χ0v) is 8.36. The first kappa shape index (κ1) is 8.29. The predicted octanol–water partition coefficient (Wildman–Crippen LogP) is 0.953. The largest absolute Gasteiger partial charge is 0.396 e. The van der Waals surface area contributed by atoms with Crippen molar-refractivity contribution in [3.05, 3.63) is 11.9 Å². The predicted molar refractivity (Wildman–Crippen MR) is 52.8 cm³/mol. The van der Waals surface area contributed by atoms with Crippen molar-refractivity contribution in [2.45, 2.75) is 31.9 Å². The van der Waals surface area contributed by atoms with Gasteiger partial charge in [-0.15, -0.1) is 0 Å². The zero-order chi connectivity index (χ0) is 9.76. The van der Waals surface area contributed by atoms with Crippen molar-refractivity contribution in [1.82, 2.24) is 9.78 Å². The van der Waals surface area contributed by atoms with Gasteiger partial charge in [0.15, 0.2) is 0 Å².